The van der Waals surface area contributed by atoms with Crippen LogP contribution >= 0.6 is 0 Å². The van der Waals surface area contributed by atoms with Crippen molar-refractivity contribution in [2.75, 3.05) is 13.1 Å². The summed E-state index contributed by atoms with van der Waals surface area (Å²) >= 11 is 0. The van der Waals surface area contributed by atoms with E-state index in [1.807, 2.05) is 0 Å². The van der Waals surface area contributed by atoms with Crippen LogP contribution < -0.4 is 0 Å². The average Bonchev–Trinajstić information content (AvgIpc) is 2.04. The third kappa shape index (κ3) is 2.81. The molecule has 1 aliphatic heterocycles. The molecule has 0 bridgehead atoms. The van der Waals surface area contributed by atoms with Crippen molar-refractivity contribution in [2.24, 2.45) is 0 Å². The van der Waals surface area contributed by atoms with Crippen molar-refractivity contribution in [2.45, 2.75) is 57.9 Å². The molecule has 0 N–H and O–H groups in total. The Balaban J connectivity index is 2.48. The van der Waals surface area contributed by atoms with Gasteiger partial charge in [-0.05, 0) is 45.9 Å². The van der Waals surface area contributed by atoms with Crippen LogP contribution in [-0.2, 0) is 0 Å². The van der Waals surface area contributed by atoms with Gasteiger partial charge in [0.1, 0.15) is 0 Å². The van der Waals surface area contributed by atoms with Gasteiger partial charge in [-0.1, -0.05) is 19.5 Å². The quantitative estimate of drug-likeness (QED) is 0.586. The third-order valence-corrected chi connectivity index (χ3v) is 8.34. The van der Waals surface area contributed by atoms with E-state index in [4.69, 9.17) is 0 Å². The Morgan fingerprint density at radius 3 is 1.92 bits per heavy atom. The summed E-state index contributed by atoms with van der Waals surface area (Å²) in [5, 5.41) is 0. The first-order valence-corrected chi connectivity index (χ1v) is 8.75. The van der Waals surface area contributed by atoms with Gasteiger partial charge >= 0.3 is 0 Å². The normalized spacial score (nSPS) is 24.7. The lowest BCUT2D eigenvalue weighted by Crippen LogP contribution is -2.51. The maximum Gasteiger partial charge on any atom is 0.0527 e. The van der Waals surface area contributed by atoms with Gasteiger partial charge in [0.2, 0.25) is 0 Å². The number of hydrogen-bond donors (Lipinski definition) is 0. The molecule has 0 atom stereocenters. The molecular formula is C11H25NSi. The molecule has 0 aromatic heterocycles. The molecule has 0 unspecified atom stereocenters. The van der Waals surface area contributed by atoms with E-state index in [1.165, 1.54) is 31.2 Å². The lowest BCUT2D eigenvalue weighted by Gasteiger charge is -2.44. The summed E-state index contributed by atoms with van der Waals surface area (Å²) in [6.45, 7) is 14.7. The zero-order valence-electron chi connectivity index (χ0n) is 9.98. The molecule has 78 valence electrons. The SMILES string of the molecule is CC[Si]1(C)CCN(C(C)(C)C)CC1. The number of nitrogens with zero attached hydrogens (tertiary/aromatic N) is 1. The van der Waals surface area contributed by atoms with Crippen molar-refractivity contribution in [1.82, 2.24) is 4.90 Å². The summed E-state index contributed by atoms with van der Waals surface area (Å²) < 4.78 is 0. The Labute approximate surface area is 84.5 Å². The highest BCUT2D eigenvalue weighted by Gasteiger charge is 2.33. The van der Waals surface area contributed by atoms with E-state index in [-0.39, 0.29) is 0 Å². The molecular weight excluding hydrogens is 174 g/mol. The van der Waals surface area contributed by atoms with E-state index in [0.717, 1.165) is 0 Å². The van der Waals surface area contributed by atoms with Gasteiger partial charge in [0.25, 0.3) is 0 Å². The van der Waals surface area contributed by atoms with Gasteiger partial charge in [0, 0.05) is 5.54 Å². The van der Waals surface area contributed by atoms with Crippen LogP contribution in [0.3, 0.4) is 0 Å². The monoisotopic (exact) mass is 199 g/mol. The predicted molar refractivity (Wildman–Crippen MR) is 63.0 cm³/mol. The molecule has 0 spiro atoms. The van der Waals surface area contributed by atoms with E-state index in [9.17, 15) is 0 Å². The van der Waals surface area contributed by atoms with Crippen molar-refractivity contribution in [3.05, 3.63) is 0 Å². The minimum absolute atomic E-state index is 0.392. The fraction of sp³-hybridized carbons (Fsp3) is 1.00. The van der Waals surface area contributed by atoms with Crippen molar-refractivity contribution in [3.63, 3.8) is 0 Å². The minimum Gasteiger partial charge on any atom is -0.299 e. The molecule has 0 aromatic rings. The Bertz CT molecular complexity index is 163. The smallest absolute Gasteiger partial charge is 0.0527 e. The van der Waals surface area contributed by atoms with Crippen LogP contribution in [0.25, 0.3) is 0 Å². The van der Waals surface area contributed by atoms with Crippen LogP contribution in [0.2, 0.25) is 24.7 Å². The predicted octanol–water partition coefficient (Wildman–Crippen LogP) is 3.20. The van der Waals surface area contributed by atoms with Crippen LogP contribution in [0.15, 0.2) is 0 Å². The zero-order chi connectivity index (χ0) is 10.1. The highest BCUT2D eigenvalue weighted by atomic mass is 28.3. The van der Waals surface area contributed by atoms with Crippen molar-refractivity contribution >= 4 is 8.07 Å². The summed E-state index contributed by atoms with van der Waals surface area (Å²) in [5.41, 5.74) is 0.392. The van der Waals surface area contributed by atoms with Crippen LogP contribution in [0.5, 0.6) is 0 Å². The Morgan fingerprint density at radius 1 is 1.15 bits per heavy atom. The van der Waals surface area contributed by atoms with Gasteiger partial charge in [-0.2, -0.15) is 0 Å². The topological polar surface area (TPSA) is 3.24 Å². The zero-order valence-corrected chi connectivity index (χ0v) is 11.0. The Kier molecular flexibility index (Phi) is 3.23. The molecule has 1 heterocycles. The molecule has 1 fully saturated rings. The maximum atomic E-state index is 2.65. The van der Waals surface area contributed by atoms with E-state index >= 15 is 0 Å². The van der Waals surface area contributed by atoms with Gasteiger partial charge in [0.15, 0.2) is 0 Å². The molecule has 0 saturated carbocycles. The summed E-state index contributed by atoms with van der Waals surface area (Å²) in [7, 11) is -0.773. The molecule has 0 radical (unpaired) electrons. The van der Waals surface area contributed by atoms with E-state index in [0.29, 0.717) is 5.54 Å². The molecule has 1 rings (SSSR count). The summed E-state index contributed by atoms with van der Waals surface area (Å²) in [6, 6.07) is 4.51. The highest BCUT2D eigenvalue weighted by molar-refractivity contribution is 6.78. The second kappa shape index (κ2) is 3.74. The first kappa shape index (κ1) is 11.3. The summed E-state index contributed by atoms with van der Waals surface area (Å²) in [6.07, 6.45) is 0. The van der Waals surface area contributed by atoms with Crippen molar-refractivity contribution in [1.29, 1.82) is 0 Å². The Hall–Kier alpha value is 0.177. The fourth-order valence-electron chi connectivity index (χ4n) is 2.07. The highest BCUT2D eigenvalue weighted by Crippen LogP contribution is 2.29. The first-order chi connectivity index (χ1) is 5.87. The van der Waals surface area contributed by atoms with E-state index in [1.54, 1.807) is 0 Å². The summed E-state index contributed by atoms with van der Waals surface area (Å²) in [5.74, 6) is 0. The van der Waals surface area contributed by atoms with Gasteiger partial charge in [-0.25, -0.2) is 0 Å². The standard InChI is InChI=1S/C11H25NSi/c1-6-13(5)9-7-12(8-10-13)11(2,3)4/h6-10H2,1-5H3. The van der Waals surface area contributed by atoms with E-state index in [2.05, 4.69) is 39.1 Å². The van der Waals surface area contributed by atoms with Crippen LogP contribution in [-0.4, -0.2) is 31.6 Å². The molecule has 2 heteroatoms. The average molecular weight is 199 g/mol. The molecule has 0 aromatic carbocycles. The van der Waals surface area contributed by atoms with Gasteiger partial charge < -0.3 is 0 Å². The first-order valence-electron chi connectivity index (χ1n) is 5.62. The lowest BCUT2D eigenvalue weighted by atomic mass is 10.1. The second-order valence-corrected chi connectivity index (χ2v) is 11.2. The Morgan fingerprint density at radius 2 is 1.62 bits per heavy atom. The molecule has 1 nitrogen and oxygen atoms in total. The largest absolute Gasteiger partial charge is 0.299 e. The van der Waals surface area contributed by atoms with Gasteiger partial charge in [0.05, 0.1) is 8.07 Å². The van der Waals surface area contributed by atoms with Crippen molar-refractivity contribution in [3.8, 4) is 0 Å². The van der Waals surface area contributed by atoms with E-state index < -0.39 is 8.07 Å². The van der Waals surface area contributed by atoms with Crippen LogP contribution in [0.4, 0.5) is 0 Å². The molecule has 1 aliphatic rings. The van der Waals surface area contributed by atoms with Crippen molar-refractivity contribution < 1.29 is 0 Å². The van der Waals surface area contributed by atoms with Crippen LogP contribution in [0, 0.1) is 0 Å². The second-order valence-electron chi connectivity index (χ2n) is 5.82. The lowest BCUT2D eigenvalue weighted by molar-refractivity contribution is 0.145. The summed E-state index contributed by atoms with van der Waals surface area (Å²) in [4.78, 5) is 2.65. The fourth-order valence-corrected chi connectivity index (χ4v) is 4.65. The maximum absolute atomic E-state index is 2.65. The number of hydrogen-bond acceptors (Lipinski definition) is 1. The molecule has 13 heavy (non-hydrogen) atoms. The number of rotatable bonds is 1. The molecule has 0 aliphatic carbocycles. The molecule has 0 amide bonds. The van der Waals surface area contributed by atoms with Gasteiger partial charge in [-0.3, -0.25) is 4.90 Å². The van der Waals surface area contributed by atoms with Crippen LogP contribution in [0.1, 0.15) is 27.7 Å². The third-order valence-electron chi connectivity index (χ3n) is 3.77. The van der Waals surface area contributed by atoms with Gasteiger partial charge in [-0.15, -0.1) is 0 Å². The molecule has 1 saturated heterocycles. The minimum atomic E-state index is -0.773.